The number of carbonyl (C=O) groups is 1. The quantitative estimate of drug-likeness (QED) is 0.528. The van der Waals surface area contributed by atoms with Gasteiger partial charge in [-0.25, -0.2) is 0 Å². The van der Waals surface area contributed by atoms with Crippen molar-refractivity contribution in [1.29, 1.82) is 0 Å². The molecule has 0 spiro atoms. The van der Waals surface area contributed by atoms with Crippen LogP contribution in [0.1, 0.15) is 12.8 Å². The van der Waals surface area contributed by atoms with Gasteiger partial charge >= 0.3 is 0 Å². The van der Waals surface area contributed by atoms with E-state index in [0.29, 0.717) is 13.0 Å². The molecule has 1 atom stereocenters. The third-order valence-corrected chi connectivity index (χ3v) is 1.31. The lowest BCUT2D eigenvalue weighted by Gasteiger charge is -2.14. The fraction of sp³-hybridized carbons (Fsp3) is 0.857. The van der Waals surface area contributed by atoms with Gasteiger partial charge in [0, 0.05) is 12.4 Å². The number of hydrogen-bond donors (Lipinski definition) is 1. The Balaban J connectivity index is 3.37. The van der Waals surface area contributed by atoms with Crippen molar-refractivity contribution in [2.75, 3.05) is 20.6 Å². The fourth-order valence-electron chi connectivity index (χ4n) is 0.702. The predicted molar refractivity (Wildman–Crippen MR) is 38.8 cm³/mol. The number of aliphatic carboxylic acids is 1. The van der Waals surface area contributed by atoms with Crippen molar-refractivity contribution >= 4 is 5.97 Å². The van der Waals surface area contributed by atoms with Crippen LogP contribution in [0.3, 0.4) is 0 Å². The molecule has 0 aliphatic rings. The minimum absolute atomic E-state index is 0.270. The molecule has 66 valence electrons. The lowest BCUT2D eigenvalue weighted by molar-refractivity contribution is -0.307. The average molecular weight is 160 g/mol. The average Bonchev–Trinajstić information content (AvgIpc) is 1.82. The highest BCUT2D eigenvalue weighted by atomic mass is 16.4. The molecule has 4 nitrogen and oxygen atoms in total. The minimum Gasteiger partial charge on any atom is -0.550 e. The second-order valence-electron chi connectivity index (χ2n) is 2.82. The van der Waals surface area contributed by atoms with Gasteiger partial charge in [-0.1, -0.05) is 0 Å². The van der Waals surface area contributed by atoms with Crippen molar-refractivity contribution in [3.63, 3.8) is 0 Å². The highest BCUT2D eigenvalue weighted by Crippen LogP contribution is 1.96. The summed E-state index contributed by atoms with van der Waals surface area (Å²) in [5.74, 6) is -1.20. The number of aliphatic hydroxyl groups excluding tert-OH is 1. The molecule has 0 aliphatic carbocycles. The van der Waals surface area contributed by atoms with E-state index in [1.54, 1.807) is 0 Å². The second kappa shape index (κ2) is 5.09. The summed E-state index contributed by atoms with van der Waals surface area (Å²) in [6, 6.07) is 0. The number of hydrogen-bond acceptors (Lipinski definition) is 4. The van der Waals surface area contributed by atoms with E-state index in [1.807, 2.05) is 19.0 Å². The maximum Gasteiger partial charge on any atom is 0.0604 e. The Hall–Kier alpha value is -0.610. The van der Waals surface area contributed by atoms with Crippen molar-refractivity contribution in [3.05, 3.63) is 0 Å². The molecule has 11 heavy (non-hydrogen) atoms. The Bertz CT molecular complexity index is 125. The molecular formula is C7H14NO3-. The summed E-state index contributed by atoms with van der Waals surface area (Å²) in [6.45, 7) is 0.689. The molecule has 0 saturated carbocycles. The van der Waals surface area contributed by atoms with Gasteiger partial charge in [0.2, 0.25) is 0 Å². The molecule has 0 radical (unpaired) electrons. The van der Waals surface area contributed by atoms with E-state index in [-0.39, 0.29) is 6.42 Å². The van der Waals surface area contributed by atoms with Crippen molar-refractivity contribution in [3.8, 4) is 0 Å². The zero-order valence-corrected chi connectivity index (χ0v) is 6.91. The molecular weight excluding hydrogens is 146 g/mol. The summed E-state index contributed by atoms with van der Waals surface area (Å²) in [6.07, 6.45) is -0.572. The molecule has 0 amide bonds. The van der Waals surface area contributed by atoms with Crippen LogP contribution in [0.5, 0.6) is 0 Å². The number of carbonyl (C=O) groups excluding carboxylic acids is 1. The van der Waals surface area contributed by atoms with Gasteiger partial charge in [-0.2, -0.15) is 0 Å². The molecule has 0 saturated heterocycles. The molecule has 0 rings (SSSR count). The third-order valence-electron chi connectivity index (χ3n) is 1.31. The lowest BCUT2D eigenvalue weighted by Crippen LogP contribution is -2.29. The van der Waals surface area contributed by atoms with Crippen LogP contribution in [0, 0.1) is 0 Å². The summed E-state index contributed by atoms with van der Waals surface area (Å²) in [7, 11) is 3.73. The maximum atomic E-state index is 9.97. The van der Waals surface area contributed by atoms with Crippen molar-refractivity contribution in [2.45, 2.75) is 18.9 Å². The summed E-state index contributed by atoms with van der Waals surface area (Å²) in [5, 5.41) is 19.0. The SMILES string of the molecule is CN(C)CC[C@H](O)CC(=O)[O-]. The number of carboxylic acids is 1. The third kappa shape index (κ3) is 7.29. The number of aliphatic hydroxyl groups is 1. The zero-order valence-electron chi connectivity index (χ0n) is 6.91. The van der Waals surface area contributed by atoms with Crippen molar-refractivity contribution in [2.24, 2.45) is 0 Å². The lowest BCUT2D eigenvalue weighted by atomic mass is 10.2. The molecule has 0 aliphatic heterocycles. The molecule has 0 fully saturated rings. The summed E-state index contributed by atoms with van der Waals surface area (Å²) in [5.41, 5.74) is 0. The van der Waals surface area contributed by atoms with Crippen molar-refractivity contribution in [1.82, 2.24) is 4.90 Å². The molecule has 4 heteroatoms. The first-order chi connectivity index (χ1) is 5.02. The Kier molecular flexibility index (Phi) is 4.81. The number of rotatable bonds is 5. The highest BCUT2D eigenvalue weighted by Gasteiger charge is 2.03. The molecule has 0 aromatic heterocycles. The van der Waals surface area contributed by atoms with Crippen LogP contribution in [-0.4, -0.2) is 42.7 Å². The van der Waals surface area contributed by atoms with Crippen LogP contribution in [-0.2, 0) is 4.79 Å². The number of carboxylic acid groups (broad SMARTS) is 1. The van der Waals surface area contributed by atoms with Gasteiger partial charge in [0.05, 0.1) is 6.10 Å². The summed E-state index contributed by atoms with van der Waals surface area (Å²) < 4.78 is 0. The van der Waals surface area contributed by atoms with Gasteiger partial charge < -0.3 is 19.9 Å². The molecule has 0 unspecified atom stereocenters. The van der Waals surface area contributed by atoms with E-state index in [2.05, 4.69) is 0 Å². The maximum absolute atomic E-state index is 9.97. The monoisotopic (exact) mass is 160 g/mol. The Morgan fingerprint density at radius 3 is 2.55 bits per heavy atom. The zero-order chi connectivity index (χ0) is 8.85. The van der Waals surface area contributed by atoms with Gasteiger partial charge in [0.15, 0.2) is 0 Å². The van der Waals surface area contributed by atoms with Crippen LogP contribution in [0.15, 0.2) is 0 Å². The van der Waals surface area contributed by atoms with E-state index in [9.17, 15) is 9.90 Å². The fourth-order valence-corrected chi connectivity index (χ4v) is 0.702. The second-order valence-corrected chi connectivity index (χ2v) is 2.82. The number of nitrogens with zero attached hydrogens (tertiary/aromatic N) is 1. The molecule has 0 aromatic rings. The van der Waals surface area contributed by atoms with E-state index in [1.165, 1.54) is 0 Å². The Morgan fingerprint density at radius 2 is 2.18 bits per heavy atom. The summed E-state index contributed by atoms with van der Waals surface area (Å²) >= 11 is 0. The molecule has 0 heterocycles. The van der Waals surface area contributed by atoms with Gasteiger partial charge in [0.1, 0.15) is 0 Å². The van der Waals surface area contributed by atoms with Crippen LogP contribution in [0.4, 0.5) is 0 Å². The Morgan fingerprint density at radius 1 is 1.64 bits per heavy atom. The topological polar surface area (TPSA) is 63.6 Å². The van der Waals surface area contributed by atoms with E-state index in [4.69, 9.17) is 5.11 Å². The first-order valence-electron chi connectivity index (χ1n) is 3.55. The van der Waals surface area contributed by atoms with Crippen LogP contribution in [0.25, 0.3) is 0 Å². The molecule has 0 bridgehead atoms. The van der Waals surface area contributed by atoms with E-state index < -0.39 is 12.1 Å². The van der Waals surface area contributed by atoms with E-state index >= 15 is 0 Å². The molecule has 0 aromatic carbocycles. The Labute approximate surface area is 66.4 Å². The summed E-state index contributed by atoms with van der Waals surface area (Å²) in [4.78, 5) is 11.9. The van der Waals surface area contributed by atoms with E-state index in [0.717, 1.165) is 0 Å². The normalized spacial score (nSPS) is 13.5. The minimum atomic E-state index is -1.20. The van der Waals surface area contributed by atoms with Gasteiger partial charge in [-0.05, 0) is 27.1 Å². The highest BCUT2D eigenvalue weighted by molar-refractivity contribution is 5.64. The van der Waals surface area contributed by atoms with Gasteiger partial charge in [-0.15, -0.1) is 0 Å². The van der Waals surface area contributed by atoms with Crippen LogP contribution < -0.4 is 5.11 Å². The first kappa shape index (κ1) is 10.4. The predicted octanol–water partition coefficient (Wildman–Crippen LogP) is -1.56. The van der Waals surface area contributed by atoms with Crippen molar-refractivity contribution < 1.29 is 15.0 Å². The smallest absolute Gasteiger partial charge is 0.0604 e. The van der Waals surface area contributed by atoms with Crippen LogP contribution in [0.2, 0.25) is 0 Å². The van der Waals surface area contributed by atoms with Gasteiger partial charge in [0.25, 0.3) is 0 Å². The largest absolute Gasteiger partial charge is 0.550 e. The molecule has 1 N–H and O–H groups in total. The van der Waals surface area contributed by atoms with Gasteiger partial charge in [-0.3, -0.25) is 0 Å². The van der Waals surface area contributed by atoms with Crippen LogP contribution >= 0.6 is 0 Å². The first-order valence-corrected chi connectivity index (χ1v) is 3.55. The standard InChI is InChI=1S/C7H15NO3/c1-8(2)4-3-6(9)5-7(10)11/h6,9H,3-5H2,1-2H3,(H,10,11)/p-1/t6-/m0/s1.